The summed E-state index contributed by atoms with van der Waals surface area (Å²) in [6.07, 6.45) is 3.83. The summed E-state index contributed by atoms with van der Waals surface area (Å²) in [4.78, 5) is 40.0. The Morgan fingerprint density at radius 3 is 2.41 bits per heavy atom. The second-order valence-corrected chi connectivity index (χ2v) is 8.06. The maximum Gasteiger partial charge on any atom is 0.255 e. The normalized spacial score (nSPS) is 22.2. The fourth-order valence-corrected chi connectivity index (χ4v) is 4.13. The molecule has 0 aliphatic carbocycles. The van der Waals surface area contributed by atoms with Gasteiger partial charge in [0.15, 0.2) is 0 Å². The van der Waals surface area contributed by atoms with E-state index < -0.39 is 6.04 Å². The highest BCUT2D eigenvalue weighted by Crippen LogP contribution is 2.31. The zero-order chi connectivity index (χ0) is 21.0. The third kappa shape index (κ3) is 4.61. The van der Waals surface area contributed by atoms with Gasteiger partial charge in [0.05, 0.1) is 0 Å². The van der Waals surface area contributed by atoms with Crippen molar-refractivity contribution in [2.75, 3.05) is 24.6 Å². The lowest BCUT2D eigenvalue weighted by molar-refractivity contribution is -0.136. The molecule has 0 saturated carbocycles. The summed E-state index contributed by atoms with van der Waals surface area (Å²) in [5.41, 5.74) is 2.66. The van der Waals surface area contributed by atoms with Gasteiger partial charge in [-0.15, -0.1) is 0 Å². The molecule has 2 saturated heterocycles. The minimum absolute atomic E-state index is 0.139. The number of benzene rings is 1. The van der Waals surface area contributed by atoms with Crippen LogP contribution in [-0.4, -0.2) is 53.5 Å². The molecule has 3 heterocycles. The van der Waals surface area contributed by atoms with Crippen LogP contribution in [0.2, 0.25) is 0 Å². The molecule has 1 aromatic rings. The molecule has 7 heteroatoms. The van der Waals surface area contributed by atoms with Gasteiger partial charge in [0.25, 0.3) is 5.91 Å². The topological polar surface area (TPSA) is 90.0 Å². The number of hydrogen-bond acceptors (Lipinski definition) is 5. The molecule has 2 N–H and O–H groups in total. The zero-order valence-electron chi connectivity index (χ0n) is 17.3. The van der Waals surface area contributed by atoms with Crippen molar-refractivity contribution in [3.8, 4) is 0 Å². The Morgan fingerprint density at radius 1 is 1.10 bits per heavy atom. The van der Waals surface area contributed by atoms with Crippen LogP contribution in [-0.2, 0) is 16.1 Å². The Labute approximate surface area is 172 Å². The first kappa shape index (κ1) is 21.3. The first-order valence-electron chi connectivity index (χ1n) is 10.6. The predicted molar refractivity (Wildman–Crippen MR) is 110 cm³/mol. The van der Waals surface area contributed by atoms with E-state index in [-0.39, 0.29) is 30.7 Å². The van der Waals surface area contributed by atoms with E-state index in [0.29, 0.717) is 24.4 Å². The van der Waals surface area contributed by atoms with Crippen molar-refractivity contribution in [1.29, 1.82) is 0 Å². The number of imide groups is 1. The van der Waals surface area contributed by atoms with Gasteiger partial charge in [-0.1, -0.05) is 20.3 Å². The van der Waals surface area contributed by atoms with Gasteiger partial charge in [-0.25, -0.2) is 0 Å². The molecule has 7 nitrogen and oxygen atoms in total. The van der Waals surface area contributed by atoms with E-state index >= 15 is 0 Å². The van der Waals surface area contributed by atoms with Crippen LogP contribution in [0.3, 0.4) is 0 Å². The molecule has 0 bridgehead atoms. The first-order valence-corrected chi connectivity index (χ1v) is 10.6. The molecule has 4 rings (SSSR count). The molecule has 3 amide bonds. The van der Waals surface area contributed by atoms with E-state index in [1.165, 1.54) is 6.42 Å². The molecule has 158 valence electrons. The summed E-state index contributed by atoms with van der Waals surface area (Å²) in [6.45, 7) is 6.69. The molecule has 3 aliphatic rings. The summed E-state index contributed by atoms with van der Waals surface area (Å²) >= 11 is 0. The van der Waals surface area contributed by atoms with Gasteiger partial charge in [0.2, 0.25) is 11.8 Å². The van der Waals surface area contributed by atoms with Gasteiger partial charge < -0.3 is 14.9 Å². The number of nitrogens with zero attached hydrogens (tertiary/aromatic N) is 2. The highest BCUT2D eigenvalue weighted by Gasteiger charge is 2.39. The maximum atomic E-state index is 12.7. The van der Waals surface area contributed by atoms with Crippen molar-refractivity contribution >= 4 is 23.4 Å². The highest BCUT2D eigenvalue weighted by atomic mass is 16.3. The van der Waals surface area contributed by atoms with Crippen LogP contribution < -0.4 is 10.2 Å². The molecule has 3 aliphatic heterocycles. The van der Waals surface area contributed by atoms with E-state index in [1.807, 2.05) is 18.2 Å². The highest BCUT2D eigenvalue weighted by molar-refractivity contribution is 6.05. The van der Waals surface area contributed by atoms with Crippen molar-refractivity contribution in [3.05, 3.63) is 29.3 Å². The fraction of sp³-hybridized carbons (Fsp3) is 0.591. The third-order valence-electron chi connectivity index (χ3n) is 5.74. The minimum Gasteiger partial charge on any atom is -0.396 e. The number of anilines is 1. The number of nitrogens with one attached hydrogen (secondary N) is 1. The second-order valence-electron chi connectivity index (χ2n) is 8.06. The molecule has 1 aromatic carbocycles. The van der Waals surface area contributed by atoms with Gasteiger partial charge in [0, 0.05) is 43.9 Å². The van der Waals surface area contributed by atoms with Crippen LogP contribution in [0.15, 0.2) is 18.2 Å². The molecular weight excluding hydrogens is 370 g/mol. The van der Waals surface area contributed by atoms with Crippen molar-refractivity contribution in [2.24, 2.45) is 5.92 Å². The Hall–Kier alpha value is -2.41. The first-order chi connectivity index (χ1) is 14.0. The van der Waals surface area contributed by atoms with E-state index in [2.05, 4.69) is 24.1 Å². The Morgan fingerprint density at radius 2 is 1.79 bits per heavy atom. The lowest BCUT2D eigenvalue weighted by atomic mass is 9.97. The molecule has 0 spiro atoms. The lowest BCUT2D eigenvalue weighted by Gasteiger charge is -2.33. The van der Waals surface area contributed by atoms with Gasteiger partial charge in [-0.05, 0) is 48.9 Å². The number of amides is 3. The molecule has 0 aromatic heterocycles. The number of aliphatic hydroxyl groups is 1. The monoisotopic (exact) mass is 401 g/mol. The minimum atomic E-state index is -0.573. The molecule has 2 fully saturated rings. The average molecular weight is 402 g/mol. The van der Waals surface area contributed by atoms with Crippen molar-refractivity contribution in [1.82, 2.24) is 10.2 Å². The number of carbonyl (C=O) groups is 3. The number of carbonyl (C=O) groups excluding carboxylic acids is 3. The Kier molecular flexibility index (Phi) is 6.90. The number of aliphatic hydroxyl groups excluding tert-OH is 1. The second kappa shape index (κ2) is 9.39. The lowest BCUT2D eigenvalue weighted by Crippen LogP contribution is -2.52. The summed E-state index contributed by atoms with van der Waals surface area (Å²) in [7, 11) is 0. The number of fused-ring (bicyclic) bond motifs is 1. The Bertz CT molecular complexity index is 771. The van der Waals surface area contributed by atoms with Gasteiger partial charge >= 0.3 is 0 Å². The van der Waals surface area contributed by atoms with Crippen LogP contribution in [0.1, 0.15) is 61.9 Å². The Balaban J connectivity index is 0.000000755. The zero-order valence-corrected chi connectivity index (χ0v) is 17.3. The van der Waals surface area contributed by atoms with E-state index in [0.717, 1.165) is 37.2 Å². The smallest absolute Gasteiger partial charge is 0.255 e. The standard InChI is InChI=1S/C19H23N3O4.C3H8/c23-11-12-5-7-21(8-6-12)14-1-2-15-13(9-14)10-22(19(15)26)16-3-4-17(24)20-18(16)25;1-3-2/h1-2,9,12,16,23H,3-8,10-11H2,(H,20,24,25);3H2,1-2H3. The molecule has 29 heavy (non-hydrogen) atoms. The molecule has 0 radical (unpaired) electrons. The summed E-state index contributed by atoms with van der Waals surface area (Å²) in [5.74, 6) is -0.414. The molecular formula is C22H31N3O4. The van der Waals surface area contributed by atoms with Crippen molar-refractivity contribution in [2.45, 2.75) is 58.5 Å². The summed E-state index contributed by atoms with van der Waals surface area (Å²) in [6, 6.07) is 5.27. The SMILES string of the molecule is CCC.O=C1CCC(N2Cc3cc(N4CCC(CO)CC4)ccc3C2=O)C(=O)N1. The van der Waals surface area contributed by atoms with E-state index in [1.54, 1.807) is 4.90 Å². The van der Waals surface area contributed by atoms with E-state index in [9.17, 15) is 19.5 Å². The van der Waals surface area contributed by atoms with Crippen LogP contribution in [0.5, 0.6) is 0 Å². The summed E-state index contributed by atoms with van der Waals surface area (Å²) in [5, 5.41) is 11.6. The third-order valence-corrected chi connectivity index (χ3v) is 5.74. The van der Waals surface area contributed by atoms with Gasteiger partial charge in [-0.3, -0.25) is 19.7 Å². The average Bonchev–Trinajstić information content (AvgIpc) is 3.04. The van der Waals surface area contributed by atoms with Crippen LogP contribution in [0.25, 0.3) is 0 Å². The number of hydrogen-bond donors (Lipinski definition) is 2. The van der Waals surface area contributed by atoms with Crippen LogP contribution in [0, 0.1) is 5.92 Å². The van der Waals surface area contributed by atoms with Gasteiger partial charge in [-0.2, -0.15) is 0 Å². The predicted octanol–water partition coefficient (Wildman–Crippen LogP) is 2.07. The molecule has 1 unspecified atom stereocenters. The quantitative estimate of drug-likeness (QED) is 0.757. The number of rotatable bonds is 3. The van der Waals surface area contributed by atoms with Gasteiger partial charge in [0.1, 0.15) is 6.04 Å². The van der Waals surface area contributed by atoms with Crippen molar-refractivity contribution in [3.63, 3.8) is 0 Å². The van der Waals surface area contributed by atoms with Crippen molar-refractivity contribution < 1.29 is 19.5 Å². The summed E-state index contributed by atoms with van der Waals surface area (Å²) < 4.78 is 0. The van der Waals surface area contributed by atoms with Crippen LogP contribution >= 0.6 is 0 Å². The van der Waals surface area contributed by atoms with E-state index in [4.69, 9.17) is 0 Å². The number of piperidine rings is 2. The largest absolute Gasteiger partial charge is 0.396 e. The van der Waals surface area contributed by atoms with Crippen LogP contribution in [0.4, 0.5) is 5.69 Å². The molecule has 1 atom stereocenters. The fourth-order valence-electron chi connectivity index (χ4n) is 4.13. The maximum absolute atomic E-state index is 12.7.